The van der Waals surface area contributed by atoms with E-state index in [0.29, 0.717) is 17.8 Å². The first kappa shape index (κ1) is 25.4. The average Bonchev–Trinajstić information content (AvgIpc) is 3.21. The zero-order valence-electron chi connectivity index (χ0n) is 19.5. The highest BCUT2D eigenvalue weighted by Gasteiger charge is 2.34. The largest absolute Gasteiger partial charge is 0.356 e. The van der Waals surface area contributed by atoms with E-state index in [2.05, 4.69) is 21.3 Å². The number of fused-ring (bicyclic) bond motifs is 1. The molecule has 0 spiro atoms. The van der Waals surface area contributed by atoms with Crippen LogP contribution in [0.25, 0.3) is 10.1 Å². The standard InChI is InChI=1S/C24H30N4O5S/c1-24(2,3)28-23(33)20(30)16(11-15-8-6-10-25-21(15)31)27-19(29)13-26-22(32)18-12-14-7-4-5-9-17(14)34-18/h4-5,7,9,12,15-16H,6,8,10-11,13H2,1-3H3,(H,25,31)(H,26,32)(H,27,29)(H,28,33). The molecule has 4 amide bonds. The Morgan fingerprint density at radius 3 is 2.59 bits per heavy atom. The Balaban J connectivity index is 1.64. The molecule has 1 fully saturated rings. The molecule has 0 bridgehead atoms. The summed E-state index contributed by atoms with van der Waals surface area (Å²) in [6.07, 6.45) is 1.33. The molecule has 1 aromatic heterocycles. The van der Waals surface area contributed by atoms with Crippen LogP contribution in [0.4, 0.5) is 0 Å². The summed E-state index contributed by atoms with van der Waals surface area (Å²) >= 11 is 1.31. The van der Waals surface area contributed by atoms with E-state index in [9.17, 15) is 24.0 Å². The summed E-state index contributed by atoms with van der Waals surface area (Å²) in [4.78, 5) is 63.1. The Bertz CT molecular complexity index is 1070. The van der Waals surface area contributed by atoms with E-state index in [0.717, 1.165) is 16.5 Å². The molecule has 3 rings (SSSR count). The van der Waals surface area contributed by atoms with Gasteiger partial charge in [0.25, 0.3) is 11.8 Å². The molecule has 0 aliphatic carbocycles. The van der Waals surface area contributed by atoms with Crippen LogP contribution in [0.2, 0.25) is 0 Å². The van der Waals surface area contributed by atoms with Crippen molar-refractivity contribution < 1.29 is 24.0 Å². The van der Waals surface area contributed by atoms with Crippen molar-refractivity contribution in [2.45, 2.75) is 51.6 Å². The molecule has 2 atom stereocenters. The number of rotatable bonds is 8. The summed E-state index contributed by atoms with van der Waals surface area (Å²) in [6.45, 7) is 5.42. The summed E-state index contributed by atoms with van der Waals surface area (Å²) in [6, 6.07) is 8.14. The third kappa shape index (κ3) is 6.86. The molecule has 1 aromatic carbocycles. The normalized spacial score (nSPS) is 16.9. The maximum Gasteiger partial charge on any atom is 0.290 e. The van der Waals surface area contributed by atoms with Gasteiger partial charge in [-0.05, 0) is 57.6 Å². The summed E-state index contributed by atoms with van der Waals surface area (Å²) in [5, 5.41) is 11.4. The van der Waals surface area contributed by atoms with Crippen molar-refractivity contribution in [3.63, 3.8) is 0 Å². The Kier molecular flexibility index (Phi) is 8.03. The lowest BCUT2D eigenvalue weighted by Crippen LogP contribution is -2.54. The van der Waals surface area contributed by atoms with Crippen LogP contribution in [0.3, 0.4) is 0 Å². The fourth-order valence-corrected chi connectivity index (χ4v) is 4.70. The molecule has 2 aromatic rings. The van der Waals surface area contributed by atoms with Crippen LogP contribution in [0.1, 0.15) is 49.7 Å². The quantitative estimate of drug-likeness (QED) is 0.420. The Hall–Kier alpha value is -3.27. The fourth-order valence-electron chi connectivity index (χ4n) is 3.72. The zero-order valence-corrected chi connectivity index (χ0v) is 20.3. The third-order valence-corrected chi connectivity index (χ3v) is 6.46. The number of thiophene rings is 1. The molecule has 0 radical (unpaired) electrons. The van der Waals surface area contributed by atoms with Gasteiger partial charge in [-0.2, -0.15) is 0 Å². The molecule has 0 saturated carbocycles. The lowest BCUT2D eigenvalue weighted by atomic mass is 9.89. The number of carbonyl (C=O) groups excluding carboxylic acids is 5. The zero-order chi connectivity index (χ0) is 24.9. The van der Waals surface area contributed by atoms with E-state index >= 15 is 0 Å². The lowest BCUT2D eigenvalue weighted by Gasteiger charge is -2.27. The van der Waals surface area contributed by atoms with Gasteiger partial charge < -0.3 is 21.3 Å². The van der Waals surface area contributed by atoms with Crippen molar-refractivity contribution in [2.75, 3.05) is 13.1 Å². The van der Waals surface area contributed by atoms with E-state index in [-0.39, 0.29) is 18.9 Å². The SMILES string of the molecule is CC(C)(C)NC(=O)C(=O)C(CC1CCCNC1=O)NC(=O)CNC(=O)c1cc2ccccc2s1. The van der Waals surface area contributed by atoms with E-state index in [1.165, 1.54) is 11.3 Å². The first-order valence-electron chi connectivity index (χ1n) is 11.2. The monoisotopic (exact) mass is 486 g/mol. The van der Waals surface area contributed by atoms with Crippen LogP contribution < -0.4 is 21.3 Å². The van der Waals surface area contributed by atoms with Crippen LogP contribution in [0, 0.1) is 5.92 Å². The average molecular weight is 487 g/mol. The van der Waals surface area contributed by atoms with Crippen molar-refractivity contribution in [3.05, 3.63) is 35.2 Å². The van der Waals surface area contributed by atoms with Gasteiger partial charge in [-0.1, -0.05) is 18.2 Å². The minimum absolute atomic E-state index is 0.0121. The molecule has 2 heterocycles. The van der Waals surface area contributed by atoms with Gasteiger partial charge in [0.2, 0.25) is 17.6 Å². The molecule has 1 saturated heterocycles. The molecule has 2 unspecified atom stereocenters. The maximum atomic E-state index is 12.9. The highest BCUT2D eigenvalue weighted by Crippen LogP contribution is 2.25. The Morgan fingerprint density at radius 1 is 1.18 bits per heavy atom. The highest BCUT2D eigenvalue weighted by atomic mass is 32.1. The summed E-state index contributed by atoms with van der Waals surface area (Å²) < 4.78 is 0.957. The van der Waals surface area contributed by atoms with E-state index < -0.39 is 41.0 Å². The van der Waals surface area contributed by atoms with Crippen molar-refractivity contribution in [2.24, 2.45) is 5.92 Å². The van der Waals surface area contributed by atoms with Crippen LogP contribution in [-0.4, -0.2) is 54.1 Å². The Morgan fingerprint density at radius 2 is 1.91 bits per heavy atom. The number of hydrogen-bond donors (Lipinski definition) is 4. The van der Waals surface area contributed by atoms with E-state index in [1.807, 2.05) is 24.3 Å². The molecule has 4 N–H and O–H groups in total. The van der Waals surface area contributed by atoms with Crippen LogP contribution in [0.5, 0.6) is 0 Å². The summed E-state index contributed by atoms with van der Waals surface area (Å²) in [7, 11) is 0. The smallest absolute Gasteiger partial charge is 0.290 e. The van der Waals surface area contributed by atoms with Gasteiger partial charge in [-0.3, -0.25) is 24.0 Å². The number of nitrogens with one attached hydrogen (secondary N) is 4. The highest BCUT2D eigenvalue weighted by molar-refractivity contribution is 7.20. The number of ketones is 1. The molecule has 34 heavy (non-hydrogen) atoms. The van der Waals surface area contributed by atoms with Crippen molar-refractivity contribution in [3.8, 4) is 0 Å². The first-order chi connectivity index (χ1) is 16.0. The van der Waals surface area contributed by atoms with Gasteiger partial charge in [0, 0.05) is 22.7 Å². The number of benzene rings is 1. The minimum Gasteiger partial charge on any atom is -0.356 e. The van der Waals surface area contributed by atoms with Crippen molar-refractivity contribution >= 4 is 50.8 Å². The topological polar surface area (TPSA) is 133 Å². The number of amides is 4. The lowest BCUT2D eigenvalue weighted by molar-refractivity contribution is -0.141. The fraction of sp³-hybridized carbons (Fsp3) is 0.458. The number of hydrogen-bond acceptors (Lipinski definition) is 6. The third-order valence-electron chi connectivity index (χ3n) is 5.34. The maximum absolute atomic E-state index is 12.9. The van der Waals surface area contributed by atoms with E-state index in [1.54, 1.807) is 26.8 Å². The van der Waals surface area contributed by atoms with Crippen molar-refractivity contribution in [1.29, 1.82) is 0 Å². The molecular weight excluding hydrogens is 456 g/mol. The molecule has 182 valence electrons. The number of piperidine rings is 1. The minimum atomic E-state index is -1.18. The predicted molar refractivity (Wildman–Crippen MR) is 129 cm³/mol. The summed E-state index contributed by atoms with van der Waals surface area (Å²) in [5.74, 6) is -3.36. The van der Waals surface area contributed by atoms with Gasteiger partial charge in [0.1, 0.15) is 0 Å². The number of Topliss-reactive ketones (excluding diaryl/α,β-unsaturated/α-hetero) is 1. The van der Waals surface area contributed by atoms with E-state index in [4.69, 9.17) is 0 Å². The van der Waals surface area contributed by atoms with Gasteiger partial charge in [-0.25, -0.2) is 0 Å². The second-order valence-corrected chi connectivity index (χ2v) is 10.5. The van der Waals surface area contributed by atoms with Crippen LogP contribution in [-0.2, 0) is 19.2 Å². The second kappa shape index (κ2) is 10.8. The predicted octanol–water partition coefficient (Wildman–Crippen LogP) is 1.52. The molecule has 1 aliphatic heterocycles. The van der Waals surface area contributed by atoms with Gasteiger partial charge in [0.15, 0.2) is 0 Å². The molecule has 10 heteroatoms. The van der Waals surface area contributed by atoms with Crippen molar-refractivity contribution in [1.82, 2.24) is 21.3 Å². The van der Waals surface area contributed by atoms with Gasteiger partial charge in [-0.15, -0.1) is 11.3 Å². The van der Waals surface area contributed by atoms with Gasteiger partial charge >= 0.3 is 0 Å². The summed E-state index contributed by atoms with van der Waals surface area (Å²) in [5.41, 5.74) is -0.637. The molecule has 9 nitrogen and oxygen atoms in total. The Labute approximate surface area is 202 Å². The first-order valence-corrected chi connectivity index (χ1v) is 12.1. The number of carbonyl (C=O) groups is 5. The van der Waals surface area contributed by atoms with Crippen LogP contribution in [0.15, 0.2) is 30.3 Å². The molecule has 1 aliphatic rings. The molecular formula is C24H30N4O5S. The van der Waals surface area contributed by atoms with Crippen LogP contribution >= 0.6 is 11.3 Å². The second-order valence-electron chi connectivity index (χ2n) is 9.39. The van der Waals surface area contributed by atoms with Gasteiger partial charge in [0.05, 0.1) is 17.5 Å².